The van der Waals surface area contributed by atoms with Crippen LogP contribution >= 0.6 is 0 Å². The van der Waals surface area contributed by atoms with Gasteiger partial charge in [0, 0.05) is 0 Å². The van der Waals surface area contributed by atoms with Crippen molar-refractivity contribution in [2.75, 3.05) is 6.61 Å². The van der Waals surface area contributed by atoms with Crippen LogP contribution in [0.25, 0.3) is 0 Å². The zero-order chi connectivity index (χ0) is 54.1. The minimum Gasteiger partial charge on any atom is -0.504 e. The number of hydrogen-bond acceptors (Lipinski definition) is 26. The SMILES string of the molecule is [2H]c1c(C(=O)OC[C@@H](OC(=O)c2cc(O)c(O)c(O)c2[2H])[C@@H](OC(=O)c2cc(O)c(O)c(O)c2[2H])[C@H](OC(=O)c2cc(O)c(O)c(O)c2[2H])[C@H](C=O)OC(=O)c2cc(O)c(O)c(O)c2[2H])cc(O)c(O)c1O. The Kier molecular flexibility index (Phi) is 11.8. The molecule has 5 aromatic rings. The largest absolute Gasteiger partial charge is 0.504 e. The number of rotatable bonds is 15. The maximum absolute atomic E-state index is 14.1. The van der Waals surface area contributed by atoms with E-state index in [0.29, 0.717) is 6.07 Å². The van der Waals surface area contributed by atoms with E-state index in [0.717, 1.165) is 0 Å². The number of carbonyl (C=O) groups excluding carboxylic acids is 6. The molecule has 0 heterocycles. The van der Waals surface area contributed by atoms with E-state index in [-0.39, 0.29) is 24.3 Å². The van der Waals surface area contributed by atoms with Crippen molar-refractivity contribution in [3.05, 3.63) is 88.4 Å². The second-order valence-electron chi connectivity index (χ2n) is 13.1. The van der Waals surface area contributed by atoms with Crippen LogP contribution < -0.4 is 0 Å². The quantitative estimate of drug-likeness (QED) is 0.0306. The molecule has 0 unspecified atom stereocenters. The van der Waals surface area contributed by atoms with E-state index < -0.39 is 211 Å². The number of benzene rings is 5. The van der Waals surface area contributed by atoms with E-state index in [1.807, 2.05) is 0 Å². The second-order valence-corrected chi connectivity index (χ2v) is 13.1. The first-order chi connectivity index (χ1) is 33.5. The molecule has 4 atom stereocenters. The van der Waals surface area contributed by atoms with Crippen LogP contribution in [0.4, 0.5) is 0 Å². The highest BCUT2D eigenvalue weighted by Gasteiger charge is 2.46. The monoisotopic (exact) mass is 945 g/mol. The maximum atomic E-state index is 14.1. The Balaban J connectivity index is 1.82. The molecule has 67 heavy (non-hydrogen) atoms. The molecule has 0 amide bonds. The van der Waals surface area contributed by atoms with Crippen molar-refractivity contribution >= 4 is 36.1 Å². The summed E-state index contributed by atoms with van der Waals surface area (Å²) in [6, 6.07) is -5.45. The molecule has 0 radical (unpaired) electrons. The number of ether oxygens (including phenoxy) is 5. The third-order valence-corrected chi connectivity index (χ3v) is 8.62. The van der Waals surface area contributed by atoms with Crippen LogP contribution in [0.3, 0.4) is 0 Å². The van der Waals surface area contributed by atoms with Gasteiger partial charge in [0.05, 0.1) is 34.7 Å². The van der Waals surface area contributed by atoms with Gasteiger partial charge >= 0.3 is 29.8 Å². The van der Waals surface area contributed by atoms with E-state index >= 15 is 0 Å². The summed E-state index contributed by atoms with van der Waals surface area (Å²) in [5.41, 5.74) is -6.25. The lowest BCUT2D eigenvalue weighted by Crippen LogP contribution is -2.54. The van der Waals surface area contributed by atoms with Crippen LogP contribution in [0.5, 0.6) is 86.2 Å². The van der Waals surface area contributed by atoms with E-state index in [1.165, 1.54) is 0 Å². The molecule has 0 aromatic heterocycles. The van der Waals surface area contributed by atoms with E-state index in [2.05, 4.69) is 0 Å². The number of aldehydes is 1. The summed E-state index contributed by atoms with van der Waals surface area (Å²) in [5.74, 6) is -31.2. The molecule has 0 aliphatic heterocycles. The smallest absolute Gasteiger partial charge is 0.339 e. The van der Waals surface area contributed by atoms with Crippen LogP contribution in [0.15, 0.2) is 60.5 Å². The molecule has 26 nitrogen and oxygen atoms in total. The lowest BCUT2D eigenvalue weighted by Gasteiger charge is -2.34. The summed E-state index contributed by atoms with van der Waals surface area (Å²) in [7, 11) is 0. The van der Waals surface area contributed by atoms with Gasteiger partial charge in [-0.25, -0.2) is 24.0 Å². The van der Waals surface area contributed by atoms with Crippen LogP contribution in [0.1, 0.15) is 58.6 Å². The summed E-state index contributed by atoms with van der Waals surface area (Å²) in [4.78, 5) is 82.3. The third-order valence-electron chi connectivity index (χ3n) is 8.62. The van der Waals surface area contributed by atoms with Crippen molar-refractivity contribution in [2.24, 2.45) is 0 Å². The van der Waals surface area contributed by atoms with Gasteiger partial charge in [-0.2, -0.15) is 0 Å². The van der Waals surface area contributed by atoms with Gasteiger partial charge < -0.3 is 100 Å². The molecule has 0 bridgehead atoms. The van der Waals surface area contributed by atoms with Crippen molar-refractivity contribution in [2.45, 2.75) is 24.4 Å². The highest BCUT2D eigenvalue weighted by Crippen LogP contribution is 2.40. The third kappa shape index (κ3) is 10.5. The molecular formula is C41H32O26. The molecule has 0 fully saturated rings. The minimum absolute atomic E-state index is 0.234. The molecule has 0 aliphatic carbocycles. The molecule has 0 aliphatic rings. The molecule has 352 valence electrons. The van der Waals surface area contributed by atoms with Crippen LogP contribution in [0.2, 0.25) is 0 Å². The normalized spacial score (nSPS) is 13.7. The van der Waals surface area contributed by atoms with Crippen molar-refractivity contribution in [1.29, 1.82) is 0 Å². The summed E-state index contributed by atoms with van der Waals surface area (Å²) < 4.78 is 66.9. The van der Waals surface area contributed by atoms with E-state index in [4.69, 9.17) is 30.5 Å². The molecular weight excluding hydrogens is 908 g/mol. The van der Waals surface area contributed by atoms with Crippen LogP contribution in [-0.4, -0.2) is 144 Å². The summed E-state index contributed by atoms with van der Waals surface area (Å²) in [6.45, 7) is -1.78. The average Bonchev–Trinajstić information content (AvgIpc) is 3.34. The average molecular weight is 946 g/mol. The van der Waals surface area contributed by atoms with Gasteiger partial charge in [-0.15, -0.1) is 0 Å². The predicted octanol–water partition coefficient (Wildman–Crippen LogP) is 1.53. The molecule has 0 spiro atoms. The lowest BCUT2D eigenvalue weighted by molar-refractivity contribution is -0.143. The minimum atomic E-state index is -3.13. The first-order valence-corrected chi connectivity index (χ1v) is 17.7. The van der Waals surface area contributed by atoms with Gasteiger partial charge in [0.15, 0.2) is 117 Å². The van der Waals surface area contributed by atoms with E-state index in [9.17, 15) is 105 Å². The number of esters is 5. The molecule has 26 heteroatoms. The Morgan fingerprint density at radius 2 is 0.672 bits per heavy atom. The number of aromatic hydroxyl groups is 15. The van der Waals surface area contributed by atoms with Crippen molar-refractivity contribution < 1.29 is 136 Å². The topological polar surface area (TPSA) is 452 Å². The van der Waals surface area contributed by atoms with Crippen molar-refractivity contribution in [1.82, 2.24) is 0 Å². The molecule has 5 aromatic carbocycles. The summed E-state index contributed by atoms with van der Waals surface area (Å²) in [5, 5.41) is 151. The fourth-order valence-electron chi connectivity index (χ4n) is 5.34. The lowest BCUT2D eigenvalue weighted by atomic mass is 10.0. The second kappa shape index (κ2) is 19.2. The number of carbonyl (C=O) groups is 6. The Morgan fingerprint density at radius 3 is 0.985 bits per heavy atom. The highest BCUT2D eigenvalue weighted by molar-refractivity contribution is 5.95. The Hall–Kier alpha value is -9.88. The van der Waals surface area contributed by atoms with Crippen LogP contribution in [-0.2, 0) is 28.5 Å². The zero-order valence-electron chi connectivity index (χ0n) is 37.7. The highest BCUT2D eigenvalue weighted by atomic mass is 16.6. The van der Waals surface area contributed by atoms with Gasteiger partial charge in [0.1, 0.15) is 6.61 Å². The van der Waals surface area contributed by atoms with Crippen LogP contribution in [0, 0.1) is 0 Å². The number of phenolic OH excluding ortho intramolecular Hbond substituents is 15. The first-order valence-electron chi connectivity index (χ1n) is 20.2. The molecule has 0 saturated carbocycles. The van der Waals surface area contributed by atoms with Crippen molar-refractivity contribution in [3.63, 3.8) is 0 Å². The molecule has 0 saturated heterocycles. The maximum Gasteiger partial charge on any atom is 0.339 e. The van der Waals surface area contributed by atoms with Gasteiger partial charge in [0.2, 0.25) is 0 Å². The van der Waals surface area contributed by atoms with Gasteiger partial charge in [-0.3, -0.25) is 4.79 Å². The van der Waals surface area contributed by atoms with Gasteiger partial charge in [-0.05, 0) is 60.5 Å². The fourth-order valence-corrected chi connectivity index (χ4v) is 5.34. The predicted molar refractivity (Wildman–Crippen MR) is 210 cm³/mol. The Labute approximate surface area is 377 Å². The Bertz CT molecular complexity index is 3110. The zero-order valence-corrected chi connectivity index (χ0v) is 32.7. The number of phenols is 15. The molecule has 5 rings (SSSR count). The Morgan fingerprint density at radius 1 is 0.403 bits per heavy atom. The van der Waals surface area contributed by atoms with Gasteiger partial charge in [0.25, 0.3) is 0 Å². The summed E-state index contributed by atoms with van der Waals surface area (Å²) >= 11 is 0. The van der Waals surface area contributed by atoms with Crippen molar-refractivity contribution in [3.8, 4) is 86.2 Å². The van der Waals surface area contributed by atoms with Gasteiger partial charge in [-0.1, -0.05) is 0 Å². The summed E-state index contributed by atoms with van der Waals surface area (Å²) in [6.07, 6.45) is -12.7. The first kappa shape index (κ1) is 41.1. The fraction of sp³-hybridized carbons (Fsp3) is 0.122. The number of hydrogen-bond donors (Lipinski definition) is 15. The van der Waals surface area contributed by atoms with E-state index in [1.54, 1.807) is 0 Å². The molecule has 15 N–H and O–H groups in total. The standard InChI is InChI=1S/C41H32O26/c42-11-28(64-38(59)14-3-20(45)31(54)21(46)4-14)35(66-40(61)16-7-24(49)33(56)25(50)8-16)36(67-41(62)17-9-26(51)34(57)27(52)10-17)29(65-39(60)15-5-22(47)32(55)23(48)6-15)12-63-37(58)13-1-18(43)30(53)19(44)2-13/h1-11,28-29,35-36,43-57H,12H2/t28-,29+,35+,36+/m0/s1/i1D,3D,5D,7D,9D.